The van der Waals surface area contributed by atoms with Crippen LogP contribution in [0.1, 0.15) is 6.92 Å². The predicted octanol–water partition coefficient (Wildman–Crippen LogP) is 1.65. The van der Waals surface area contributed by atoms with Gasteiger partial charge in [-0.2, -0.15) is 4.37 Å². The summed E-state index contributed by atoms with van der Waals surface area (Å²) < 4.78 is 29.7. The number of anilines is 1. The summed E-state index contributed by atoms with van der Waals surface area (Å²) in [6.45, 7) is 2.56. The minimum Gasteiger partial charge on any atom is -0.374 e. The molecule has 2 aromatic rings. The number of hydrogen-bond donors (Lipinski definition) is 2. The minimum absolute atomic E-state index is 0.0626. The van der Waals surface area contributed by atoms with E-state index in [0.29, 0.717) is 13.1 Å². The van der Waals surface area contributed by atoms with E-state index in [-0.39, 0.29) is 5.75 Å². The zero-order valence-corrected chi connectivity index (χ0v) is 11.6. The Morgan fingerprint density at radius 3 is 2.89 bits per heavy atom. The lowest BCUT2D eigenvalue weighted by Crippen LogP contribution is -2.29. The van der Waals surface area contributed by atoms with Gasteiger partial charge in [-0.1, -0.05) is 19.1 Å². The van der Waals surface area contributed by atoms with Gasteiger partial charge in [0, 0.05) is 18.5 Å². The van der Waals surface area contributed by atoms with E-state index >= 15 is 0 Å². The molecule has 2 rings (SSSR count). The molecular weight excluding hydrogens is 270 g/mol. The molecule has 7 heteroatoms. The van der Waals surface area contributed by atoms with Crippen LogP contribution in [0.3, 0.4) is 0 Å². The number of aromatic nitrogens is 1. The van der Waals surface area contributed by atoms with Crippen LogP contribution in [0, 0.1) is 0 Å². The molecule has 0 atom stereocenters. The number of hydrogen-bond acceptors (Lipinski definition) is 5. The minimum atomic E-state index is -3.17. The second-order valence-electron chi connectivity index (χ2n) is 3.77. The largest absolute Gasteiger partial charge is 0.374 e. The average Bonchev–Trinajstić information content (AvgIpc) is 2.73. The Bertz CT molecular complexity index is 622. The monoisotopic (exact) mass is 285 g/mol. The Balaban J connectivity index is 1.99. The zero-order valence-electron chi connectivity index (χ0n) is 10.0. The molecule has 5 nitrogen and oxygen atoms in total. The van der Waals surface area contributed by atoms with Crippen LogP contribution >= 0.6 is 11.5 Å². The molecule has 1 aromatic heterocycles. The molecule has 0 fully saturated rings. The van der Waals surface area contributed by atoms with Gasteiger partial charge in [0.2, 0.25) is 10.0 Å². The molecule has 0 radical (unpaired) electrons. The lowest BCUT2D eigenvalue weighted by molar-refractivity contribution is 0.584. The smallest absolute Gasteiger partial charge is 0.213 e. The summed E-state index contributed by atoms with van der Waals surface area (Å²) in [5.74, 6) is 0.0626. The SMILES string of the molecule is CCNS(=O)(=O)CCNc1snc2ccccc12. The number of fused-ring (bicyclic) bond motifs is 1. The molecule has 0 aliphatic carbocycles. The van der Waals surface area contributed by atoms with E-state index < -0.39 is 10.0 Å². The van der Waals surface area contributed by atoms with E-state index in [1.807, 2.05) is 24.3 Å². The molecule has 0 amide bonds. The van der Waals surface area contributed by atoms with Gasteiger partial charge in [0.15, 0.2) is 0 Å². The summed E-state index contributed by atoms with van der Waals surface area (Å²) in [5, 5.41) is 5.06. The van der Waals surface area contributed by atoms with E-state index in [1.165, 1.54) is 11.5 Å². The Morgan fingerprint density at radius 1 is 1.33 bits per heavy atom. The molecule has 2 N–H and O–H groups in total. The number of nitrogens with one attached hydrogen (secondary N) is 2. The molecule has 0 saturated carbocycles. The fourth-order valence-electron chi connectivity index (χ4n) is 1.61. The molecule has 0 spiro atoms. The number of benzene rings is 1. The molecule has 0 bridgehead atoms. The van der Waals surface area contributed by atoms with E-state index in [2.05, 4.69) is 14.4 Å². The topological polar surface area (TPSA) is 71.1 Å². The van der Waals surface area contributed by atoms with Gasteiger partial charge in [-0.25, -0.2) is 13.1 Å². The second kappa shape index (κ2) is 5.64. The summed E-state index contributed by atoms with van der Waals surface area (Å²) in [4.78, 5) is 0. The normalized spacial score (nSPS) is 11.8. The third-order valence-electron chi connectivity index (χ3n) is 2.40. The highest BCUT2D eigenvalue weighted by Gasteiger charge is 2.09. The summed E-state index contributed by atoms with van der Waals surface area (Å²) in [6.07, 6.45) is 0. The van der Waals surface area contributed by atoms with Crippen LogP contribution in [0.4, 0.5) is 5.00 Å². The predicted molar refractivity (Wildman–Crippen MR) is 75.6 cm³/mol. The number of nitrogens with zero attached hydrogens (tertiary/aromatic N) is 1. The van der Waals surface area contributed by atoms with Gasteiger partial charge in [0.25, 0.3) is 0 Å². The van der Waals surface area contributed by atoms with Crippen LogP contribution in [0.5, 0.6) is 0 Å². The first kappa shape index (κ1) is 13.3. The van der Waals surface area contributed by atoms with Gasteiger partial charge in [0.1, 0.15) is 5.00 Å². The van der Waals surface area contributed by atoms with Gasteiger partial charge in [-0.15, -0.1) is 0 Å². The molecule has 0 saturated heterocycles. The molecule has 1 aromatic carbocycles. The van der Waals surface area contributed by atoms with Crippen LogP contribution in [0.25, 0.3) is 10.9 Å². The van der Waals surface area contributed by atoms with Gasteiger partial charge < -0.3 is 5.32 Å². The van der Waals surface area contributed by atoms with Crippen LogP contribution in [-0.4, -0.2) is 31.6 Å². The highest BCUT2D eigenvalue weighted by molar-refractivity contribution is 7.89. The quantitative estimate of drug-likeness (QED) is 0.846. The van der Waals surface area contributed by atoms with E-state index in [4.69, 9.17) is 0 Å². The fraction of sp³-hybridized carbons (Fsp3) is 0.364. The Labute approximate surface area is 110 Å². The van der Waals surface area contributed by atoms with Crippen molar-refractivity contribution in [1.29, 1.82) is 0 Å². The maximum atomic E-state index is 11.5. The van der Waals surface area contributed by atoms with E-state index in [1.54, 1.807) is 6.92 Å². The summed E-state index contributed by atoms with van der Waals surface area (Å²) in [7, 11) is -3.17. The Kier molecular flexibility index (Phi) is 4.15. The van der Waals surface area contributed by atoms with Crippen molar-refractivity contribution in [1.82, 2.24) is 9.10 Å². The van der Waals surface area contributed by atoms with Crippen molar-refractivity contribution in [3.63, 3.8) is 0 Å². The standard InChI is InChI=1S/C11H15N3O2S2/c1-2-13-18(15,16)8-7-12-11-9-5-3-4-6-10(9)14-17-11/h3-6,12-13H,2,7-8H2,1H3. The molecule has 18 heavy (non-hydrogen) atoms. The summed E-state index contributed by atoms with van der Waals surface area (Å²) >= 11 is 1.35. The molecule has 0 aliphatic rings. The molecule has 1 heterocycles. The van der Waals surface area contributed by atoms with Crippen molar-refractivity contribution in [2.45, 2.75) is 6.92 Å². The first-order valence-corrected chi connectivity index (χ1v) is 8.10. The number of sulfonamides is 1. The average molecular weight is 285 g/mol. The Hall–Kier alpha value is -1.18. The third-order valence-corrected chi connectivity index (χ3v) is 4.71. The van der Waals surface area contributed by atoms with Gasteiger partial charge >= 0.3 is 0 Å². The molecule has 0 unspecified atom stereocenters. The molecular formula is C11H15N3O2S2. The van der Waals surface area contributed by atoms with E-state index in [9.17, 15) is 8.42 Å². The van der Waals surface area contributed by atoms with Crippen molar-refractivity contribution < 1.29 is 8.42 Å². The molecule has 0 aliphatic heterocycles. The highest BCUT2D eigenvalue weighted by atomic mass is 32.2. The number of rotatable bonds is 6. The zero-order chi connectivity index (χ0) is 13.0. The second-order valence-corrected chi connectivity index (χ2v) is 6.47. The maximum absolute atomic E-state index is 11.5. The van der Waals surface area contributed by atoms with Crippen molar-refractivity contribution in [2.75, 3.05) is 24.2 Å². The van der Waals surface area contributed by atoms with Crippen molar-refractivity contribution >= 4 is 37.5 Å². The van der Waals surface area contributed by atoms with Crippen molar-refractivity contribution in [2.24, 2.45) is 0 Å². The van der Waals surface area contributed by atoms with Crippen LogP contribution in [-0.2, 0) is 10.0 Å². The highest BCUT2D eigenvalue weighted by Crippen LogP contribution is 2.26. The van der Waals surface area contributed by atoms with Gasteiger partial charge in [-0.05, 0) is 23.7 Å². The van der Waals surface area contributed by atoms with Crippen LogP contribution < -0.4 is 10.0 Å². The van der Waals surface area contributed by atoms with Crippen molar-refractivity contribution in [3.05, 3.63) is 24.3 Å². The third kappa shape index (κ3) is 3.18. The molecule has 98 valence electrons. The van der Waals surface area contributed by atoms with Gasteiger partial charge in [-0.3, -0.25) is 0 Å². The fourth-order valence-corrected chi connectivity index (χ4v) is 3.35. The first-order chi connectivity index (χ1) is 8.62. The first-order valence-electron chi connectivity index (χ1n) is 5.68. The summed E-state index contributed by atoms with van der Waals surface area (Å²) in [5.41, 5.74) is 0.930. The van der Waals surface area contributed by atoms with Gasteiger partial charge in [0.05, 0.1) is 11.3 Å². The van der Waals surface area contributed by atoms with Crippen molar-refractivity contribution in [3.8, 4) is 0 Å². The van der Waals surface area contributed by atoms with Crippen LogP contribution in [0.2, 0.25) is 0 Å². The lowest BCUT2D eigenvalue weighted by atomic mass is 10.2. The summed E-state index contributed by atoms with van der Waals surface area (Å²) in [6, 6.07) is 7.78. The Morgan fingerprint density at radius 2 is 2.11 bits per heavy atom. The van der Waals surface area contributed by atoms with E-state index in [0.717, 1.165) is 15.9 Å². The lowest BCUT2D eigenvalue weighted by Gasteiger charge is -2.05. The maximum Gasteiger partial charge on any atom is 0.213 e. The van der Waals surface area contributed by atoms with Crippen LogP contribution in [0.15, 0.2) is 24.3 Å².